The molecule has 6 heteroatoms. The van der Waals surface area contributed by atoms with Gasteiger partial charge in [0.1, 0.15) is 18.2 Å². The Morgan fingerprint density at radius 3 is 2.35 bits per heavy atom. The van der Waals surface area contributed by atoms with Crippen molar-refractivity contribution < 1.29 is 22.3 Å². The van der Waals surface area contributed by atoms with Gasteiger partial charge in [-0.1, -0.05) is 18.2 Å². The second-order valence-corrected chi connectivity index (χ2v) is 4.13. The number of hydrogen-bond donors (Lipinski definition) is 1. The van der Waals surface area contributed by atoms with Crippen LogP contribution in [0.5, 0.6) is 5.75 Å². The summed E-state index contributed by atoms with van der Waals surface area (Å²) in [7, 11) is 0. The Balaban J connectivity index is 2.13. The smallest absolute Gasteiger partial charge is 0.416 e. The highest BCUT2D eigenvalue weighted by molar-refractivity contribution is 5.54. The minimum Gasteiger partial charge on any atom is -0.487 e. The normalized spacial score (nSPS) is 11.4. The predicted molar refractivity (Wildman–Crippen MR) is 66.6 cm³/mol. The van der Waals surface area contributed by atoms with Crippen LogP contribution in [0.15, 0.2) is 42.5 Å². The number of ether oxygens (including phenoxy) is 1. The molecular weight excluding hydrogens is 274 g/mol. The van der Waals surface area contributed by atoms with E-state index in [0.717, 1.165) is 18.2 Å². The Morgan fingerprint density at radius 2 is 1.75 bits per heavy atom. The Hall–Kier alpha value is -2.24. The van der Waals surface area contributed by atoms with Crippen LogP contribution < -0.4 is 10.5 Å². The zero-order valence-electron chi connectivity index (χ0n) is 10.2. The molecule has 2 aromatic carbocycles. The number of anilines is 1. The van der Waals surface area contributed by atoms with Gasteiger partial charge in [-0.25, -0.2) is 4.39 Å². The summed E-state index contributed by atoms with van der Waals surface area (Å²) in [6, 6.07) is 8.75. The van der Waals surface area contributed by atoms with Gasteiger partial charge in [-0.2, -0.15) is 13.2 Å². The fraction of sp³-hybridized carbons (Fsp3) is 0.143. The standard InChI is InChI=1S/C14H11F4NO/c15-11-4-2-1-3-9(11)8-20-13-6-5-10(7-12(13)19)14(16,17)18/h1-7H,8,19H2. The molecule has 2 aromatic rings. The Kier molecular flexibility index (Phi) is 3.83. The van der Waals surface area contributed by atoms with E-state index in [1.807, 2.05) is 0 Å². The fourth-order valence-corrected chi connectivity index (χ4v) is 1.63. The lowest BCUT2D eigenvalue weighted by Gasteiger charge is -2.12. The van der Waals surface area contributed by atoms with Crippen LogP contribution in [0.25, 0.3) is 0 Å². The van der Waals surface area contributed by atoms with Crippen LogP contribution in [-0.2, 0) is 12.8 Å². The lowest BCUT2D eigenvalue weighted by molar-refractivity contribution is -0.137. The molecule has 20 heavy (non-hydrogen) atoms. The lowest BCUT2D eigenvalue weighted by atomic mass is 10.2. The second-order valence-electron chi connectivity index (χ2n) is 4.13. The SMILES string of the molecule is Nc1cc(C(F)(F)F)ccc1OCc1ccccc1F. The van der Waals surface area contributed by atoms with Crippen LogP contribution in [-0.4, -0.2) is 0 Å². The quantitative estimate of drug-likeness (QED) is 0.683. The van der Waals surface area contributed by atoms with Gasteiger partial charge >= 0.3 is 6.18 Å². The van der Waals surface area contributed by atoms with Crippen molar-refractivity contribution in [1.29, 1.82) is 0 Å². The van der Waals surface area contributed by atoms with Crippen molar-refractivity contribution >= 4 is 5.69 Å². The third-order valence-corrected chi connectivity index (χ3v) is 2.68. The number of nitrogen functional groups attached to an aromatic ring is 1. The number of hydrogen-bond acceptors (Lipinski definition) is 2. The van der Waals surface area contributed by atoms with Crippen molar-refractivity contribution in [2.75, 3.05) is 5.73 Å². The molecule has 0 radical (unpaired) electrons. The number of benzene rings is 2. The molecule has 0 atom stereocenters. The van der Waals surface area contributed by atoms with E-state index in [9.17, 15) is 17.6 Å². The molecule has 0 saturated carbocycles. The van der Waals surface area contributed by atoms with E-state index in [1.165, 1.54) is 18.2 Å². The Morgan fingerprint density at radius 1 is 1.05 bits per heavy atom. The molecule has 0 fully saturated rings. The third kappa shape index (κ3) is 3.20. The molecule has 0 heterocycles. The third-order valence-electron chi connectivity index (χ3n) is 2.68. The summed E-state index contributed by atoms with van der Waals surface area (Å²) in [5.41, 5.74) is 4.80. The van der Waals surface area contributed by atoms with E-state index in [4.69, 9.17) is 10.5 Å². The van der Waals surface area contributed by atoms with Gasteiger partial charge in [0.05, 0.1) is 11.3 Å². The molecule has 0 unspecified atom stereocenters. The molecular formula is C14H11F4NO. The van der Waals surface area contributed by atoms with Gasteiger partial charge in [-0.05, 0) is 24.3 Å². The zero-order chi connectivity index (χ0) is 14.8. The van der Waals surface area contributed by atoms with Crippen molar-refractivity contribution in [3.63, 3.8) is 0 Å². The van der Waals surface area contributed by atoms with E-state index in [1.54, 1.807) is 6.07 Å². The van der Waals surface area contributed by atoms with E-state index >= 15 is 0 Å². The summed E-state index contributed by atoms with van der Waals surface area (Å²) in [6.45, 7) is -0.109. The number of nitrogens with two attached hydrogens (primary N) is 1. The molecule has 0 saturated heterocycles. The molecule has 2 rings (SSSR count). The molecule has 106 valence electrons. The average molecular weight is 285 g/mol. The molecule has 0 aliphatic carbocycles. The maximum absolute atomic E-state index is 13.4. The minimum atomic E-state index is -4.46. The molecule has 0 spiro atoms. The molecule has 2 nitrogen and oxygen atoms in total. The van der Waals surface area contributed by atoms with E-state index in [-0.39, 0.29) is 18.0 Å². The molecule has 0 aliphatic rings. The van der Waals surface area contributed by atoms with Gasteiger partial charge in [0.25, 0.3) is 0 Å². The molecule has 0 aliphatic heterocycles. The summed E-state index contributed by atoms with van der Waals surface area (Å²) in [5, 5.41) is 0. The van der Waals surface area contributed by atoms with Crippen molar-refractivity contribution in [2.24, 2.45) is 0 Å². The summed E-state index contributed by atoms with van der Waals surface area (Å²) in [5.74, 6) is -0.362. The Labute approximate surface area is 112 Å². The van der Waals surface area contributed by atoms with Gasteiger partial charge in [-0.15, -0.1) is 0 Å². The average Bonchev–Trinajstić information content (AvgIpc) is 2.38. The van der Waals surface area contributed by atoms with Crippen molar-refractivity contribution in [3.8, 4) is 5.75 Å². The van der Waals surface area contributed by atoms with Crippen LogP contribution in [0.1, 0.15) is 11.1 Å². The minimum absolute atomic E-state index is 0.0845. The highest BCUT2D eigenvalue weighted by Gasteiger charge is 2.30. The van der Waals surface area contributed by atoms with E-state index in [2.05, 4.69) is 0 Å². The van der Waals surface area contributed by atoms with Gasteiger partial charge in [0.15, 0.2) is 0 Å². The first kappa shape index (κ1) is 14.2. The first-order valence-electron chi connectivity index (χ1n) is 5.71. The predicted octanol–water partition coefficient (Wildman–Crippen LogP) is 4.01. The highest BCUT2D eigenvalue weighted by atomic mass is 19.4. The van der Waals surface area contributed by atoms with Gasteiger partial charge in [-0.3, -0.25) is 0 Å². The Bertz CT molecular complexity index is 610. The summed E-state index contributed by atoms with van der Waals surface area (Å²) in [6.07, 6.45) is -4.46. The van der Waals surface area contributed by atoms with Crippen molar-refractivity contribution in [2.45, 2.75) is 12.8 Å². The van der Waals surface area contributed by atoms with Crippen LogP contribution >= 0.6 is 0 Å². The topological polar surface area (TPSA) is 35.2 Å². The van der Waals surface area contributed by atoms with Crippen molar-refractivity contribution in [3.05, 3.63) is 59.4 Å². The molecule has 0 aromatic heterocycles. The van der Waals surface area contributed by atoms with Gasteiger partial charge < -0.3 is 10.5 Å². The van der Waals surface area contributed by atoms with Crippen LogP contribution in [0.3, 0.4) is 0 Å². The summed E-state index contributed by atoms with van der Waals surface area (Å²) >= 11 is 0. The maximum Gasteiger partial charge on any atom is 0.416 e. The first-order valence-corrected chi connectivity index (χ1v) is 5.71. The molecule has 2 N–H and O–H groups in total. The van der Waals surface area contributed by atoms with Crippen molar-refractivity contribution in [1.82, 2.24) is 0 Å². The van der Waals surface area contributed by atoms with E-state index < -0.39 is 17.6 Å². The number of halogens is 4. The fourth-order valence-electron chi connectivity index (χ4n) is 1.63. The lowest BCUT2D eigenvalue weighted by Crippen LogP contribution is -2.07. The summed E-state index contributed by atoms with van der Waals surface area (Å²) in [4.78, 5) is 0. The van der Waals surface area contributed by atoms with Crippen LogP contribution in [0.2, 0.25) is 0 Å². The highest BCUT2D eigenvalue weighted by Crippen LogP contribution is 2.33. The second kappa shape index (κ2) is 5.40. The summed E-state index contributed by atoms with van der Waals surface area (Å²) < 4.78 is 56.0. The maximum atomic E-state index is 13.4. The number of alkyl halides is 3. The van der Waals surface area contributed by atoms with Crippen LogP contribution in [0, 0.1) is 5.82 Å². The van der Waals surface area contributed by atoms with Gasteiger partial charge in [0.2, 0.25) is 0 Å². The zero-order valence-corrected chi connectivity index (χ0v) is 10.2. The first-order chi connectivity index (χ1) is 9.38. The molecule has 0 bridgehead atoms. The van der Waals surface area contributed by atoms with E-state index in [0.29, 0.717) is 5.56 Å². The number of rotatable bonds is 3. The largest absolute Gasteiger partial charge is 0.487 e. The van der Waals surface area contributed by atoms with Gasteiger partial charge in [0, 0.05) is 5.56 Å². The molecule has 0 amide bonds. The van der Waals surface area contributed by atoms with Crippen LogP contribution in [0.4, 0.5) is 23.2 Å². The monoisotopic (exact) mass is 285 g/mol.